The predicted octanol–water partition coefficient (Wildman–Crippen LogP) is 4.39. The molecule has 0 radical (unpaired) electrons. The van der Waals surface area contributed by atoms with Crippen LogP contribution < -0.4 is 0 Å². The average molecular weight is 248 g/mol. The predicted molar refractivity (Wildman–Crippen MR) is 71.7 cm³/mol. The van der Waals surface area contributed by atoms with Crippen LogP contribution in [0.2, 0.25) is 0 Å². The molecule has 2 rings (SSSR count). The van der Waals surface area contributed by atoms with Gasteiger partial charge in [-0.3, -0.25) is 0 Å². The molecule has 1 aliphatic carbocycles. The number of aliphatic hydroxyl groups is 1. The number of halogens is 1. The summed E-state index contributed by atoms with van der Waals surface area (Å²) in [4.78, 5) is 0. The Morgan fingerprint density at radius 1 is 1.33 bits per heavy atom. The number of allylic oxidation sites excluding steroid dienone is 1. The highest BCUT2D eigenvalue weighted by Gasteiger charge is 2.33. The van der Waals surface area contributed by atoms with Crippen molar-refractivity contribution < 1.29 is 9.50 Å². The Kier molecular flexibility index (Phi) is 3.58. The maximum atomic E-state index is 13.3. The Morgan fingerprint density at radius 3 is 2.67 bits per heavy atom. The molecule has 0 fully saturated rings. The van der Waals surface area contributed by atoms with E-state index >= 15 is 0 Å². The first-order valence-electron chi connectivity index (χ1n) is 6.55. The zero-order valence-corrected chi connectivity index (χ0v) is 11.3. The van der Waals surface area contributed by atoms with Crippen LogP contribution in [0.4, 0.5) is 4.39 Å². The van der Waals surface area contributed by atoms with E-state index in [4.69, 9.17) is 0 Å². The molecule has 0 amide bonds. The third-order valence-electron chi connectivity index (χ3n) is 3.98. The third-order valence-corrected chi connectivity index (χ3v) is 3.98. The molecular formula is C16H21FO. The Balaban J connectivity index is 2.41. The van der Waals surface area contributed by atoms with Gasteiger partial charge in [0.15, 0.2) is 0 Å². The van der Waals surface area contributed by atoms with Crippen molar-refractivity contribution >= 4 is 0 Å². The molecule has 2 heteroatoms. The van der Waals surface area contributed by atoms with E-state index < -0.39 is 6.10 Å². The molecule has 0 bridgehead atoms. The first kappa shape index (κ1) is 13.3. The highest BCUT2D eigenvalue weighted by molar-refractivity contribution is 5.33. The SMILES string of the molecule is CC1=C(C(O)c2cccc(F)c2)C(C)(C)CCC1. The summed E-state index contributed by atoms with van der Waals surface area (Å²) in [5, 5.41) is 10.6. The van der Waals surface area contributed by atoms with Gasteiger partial charge in [0, 0.05) is 0 Å². The van der Waals surface area contributed by atoms with Gasteiger partial charge >= 0.3 is 0 Å². The fourth-order valence-corrected chi connectivity index (χ4v) is 3.09. The molecule has 1 aliphatic rings. The maximum Gasteiger partial charge on any atom is 0.123 e. The van der Waals surface area contributed by atoms with Crippen LogP contribution in [0, 0.1) is 11.2 Å². The van der Waals surface area contributed by atoms with Gasteiger partial charge in [0.25, 0.3) is 0 Å². The van der Waals surface area contributed by atoms with Crippen LogP contribution in [0.15, 0.2) is 35.4 Å². The quantitative estimate of drug-likeness (QED) is 0.770. The van der Waals surface area contributed by atoms with E-state index in [1.54, 1.807) is 12.1 Å². The molecule has 98 valence electrons. The van der Waals surface area contributed by atoms with Gasteiger partial charge in [-0.05, 0) is 54.9 Å². The van der Waals surface area contributed by atoms with Crippen molar-refractivity contribution in [2.45, 2.75) is 46.1 Å². The first-order valence-corrected chi connectivity index (χ1v) is 6.55. The fraction of sp³-hybridized carbons (Fsp3) is 0.500. The molecule has 0 spiro atoms. The summed E-state index contributed by atoms with van der Waals surface area (Å²) in [7, 11) is 0. The molecule has 0 saturated heterocycles. The molecule has 1 nitrogen and oxygen atoms in total. The van der Waals surface area contributed by atoms with Gasteiger partial charge in [-0.25, -0.2) is 4.39 Å². The van der Waals surface area contributed by atoms with Crippen molar-refractivity contribution in [3.8, 4) is 0 Å². The number of hydrogen-bond donors (Lipinski definition) is 1. The lowest BCUT2D eigenvalue weighted by Crippen LogP contribution is -2.25. The summed E-state index contributed by atoms with van der Waals surface area (Å²) in [6.07, 6.45) is 2.59. The summed E-state index contributed by atoms with van der Waals surface area (Å²) in [6, 6.07) is 6.28. The Morgan fingerprint density at radius 2 is 2.06 bits per heavy atom. The number of hydrogen-bond acceptors (Lipinski definition) is 1. The molecule has 1 aromatic rings. The lowest BCUT2D eigenvalue weighted by Gasteiger charge is -2.37. The topological polar surface area (TPSA) is 20.2 Å². The molecule has 18 heavy (non-hydrogen) atoms. The summed E-state index contributed by atoms with van der Waals surface area (Å²) >= 11 is 0. The molecule has 0 heterocycles. The van der Waals surface area contributed by atoms with Gasteiger partial charge < -0.3 is 5.11 Å². The Labute approximate surface area is 108 Å². The maximum absolute atomic E-state index is 13.3. The molecule has 1 aromatic carbocycles. The summed E-state index contributed by atoms with van der Waals surface area (Å²) in [6.45, 7) is 6.40. The van der Waals surface area contributed by atoms with Gasteiger partial charge in [0.1, 0.15) is 11.9 Å². The van der Waals surface area contributed by atoms with Crippen LogP contribution in [0.1, 0.15) is 51.7 Å². The second-order valence-corrected chi connectivity index (χ2v) is 5.89. The lowest BCUT2D eigenvalue weighted by molar-refractivity contribution is 0.170. The second-order valence-electron chi connectivity index (χ2n) is 5.89. The zero-order valence-electron chi connectivity index (χ0n) is 11.3. The van der Waals surface area contributed by atoms with E-state index in [1.165, 1.54) is 17.7 Å². The molecule has 0 saturated carbocycles. The van der Waals surface area contributed by atoms with Gasteiger partial charge in [-0.15, -0.1) is 0 Å². The molecule has 1 N–H and O–H groups in total. The average Bonchev–Trinajstić information content (AvgIpc) is 2.27. The second kappa shape index (κ2) is 4.85. The number of benzene rings is 1. The minimum absolute atomic E-state index is 0.00589. The van der Waals surface area contributed by atoms with Crippen molar-refractivity contribution in [2.24, 2.45) is 5.41 Å². The van der Waals surface area contributed by atoms with Crippen LogP contribution in [-0.4, -0.2) is 5.11 Å². The van der Waals surface area contributed by atoms with Crippen LogP contribution in [0.25, 0.3) is 0 Å². The molecule has 0 aromatic heterocycles. The van der Waals surface area contributed by atoms with Crippen molar-refractivity contribution in [3.63, 3.8) is 0 Å². The summed E-state index contributed by atoms with van der Waals surface area (Å²) in [5.74, 6) is -0.293. The van der Waals surface area contributed by atoms with Gasteiger partial charge in [0.2, 0.25) is 0 Å². The van der Waals surface area contributed by atoms with Crippen LogP contribution in [0.5, 0.6) is 0 Å². The van der Waals surface area contributed by atoms with E-state index in [0.29, 0.717) is 5.56 Å². The standard InChI is InChI=1S/C16H21FO/c1-11-6-5-9-16(2,3)14(11)15(18)12-7-4-8-13(17)10-12/h4,7-8,10,15,18H,5-6,9H2,1-3H3. The fourth-order valence-electron chi connectivity index (χ4n) is 3.09. The Bertz CT molecular complexity index is 474. The smallest absolute Gasteiger partial charge is 0.123 e. The number of aliphatic hydroxyl groups excluding tert-OH is 1. The largest absolute Gasteiger partial charge is 0.384 e. The minimum Gasteiger partial charge on any atom is -0.384 e. The van der Waals surface area contributed by atoms with E-state index in [9.17, 15) is 9.50 Å². The molecular weight excluding hydrogens is 227 g/mol. The highest BCUT2D eigenvalue weighted by Crippen LogP contribution is 2.46. The van der Waals surface area contributed by atoms with Crippen LogP contribution in [-0.2, 0) is 0 Å². The van der Waals surface area contributed by atoms with Crippen molar-refractivity contribution in [1.82, 2.24) is 0 Å². The highest BCUT2D eigenvalue weighted by atomic mass is 19.1. The first-order chi connectivity index (χ1) is 8.42. The Hall–Kier alpha value is -1.15. The van der Waals surface area contributed by atoms with E-state index in [0.717, 1.165) is 24.8 Å². The third kappa shape index (κ3) is 2.49. The van der Waals surface area contributed by atoms with Crippen molar-refractivity contribution in [1.29, 1.82) is 0 Å². The summed E-state index contributed by atoms with van der Waals surface area (Å²) < 4.78 is 13.3. The normalized spacial score (nSPS) is 20.9. The van der Waals surface area contributed by atoms with Gasteiger partial charge in [-0.2, -0.15) is 0 Å². The van der Waals surface area contributed by atoms with E-state index in [1.807, 2.05) is 0 Å². The van der Waals surface area contributed by atoms with Crippen LogP contribution in [0.3, 0.4) is 0 Å². The van der Waals surface area contributed by atoms with Crippen molar-refractivity contribution in [2.75, 3.05) is 0 Å². The number of rotatable bonds is 2. The molecule has 0 aliphatic heterocycles. The van der Waals surface area contributed by atoms with Crippen LogP contribution >= 0.6 is 0 Å². The van der Waals surface area contributed by atoms with Gasteiger partial charge in [0.05, 0.1) is 0 Å². The van der Waals surface area contributed by atoms with Crippen molar-refractivity contribution in [3.05, 3.63) is 46.8 Å². The summed E-state index contributed by atoms with van der Waals surface area (Å²) in [5.41, 5.74) is 2.97. The monoisotopic (exact) mass is 248 g/mol. The minimum atomic E-state index is -0.684. The molecule has 1 unspecified atom stereocenters. The zero-order chi connectivity index (χ0) is 13.3. The van der Waals surface area contributed by atoms with Gasteiger partial charge in [-0.1, -0.05) is 31.6 Å². The lowest BCUT2D eigenvalue weighted by atomic mass is 9.69. The van der Waals surface area contributed by atoms with E-state index in [-0.39, 0.29) is 11.2 Å². The van der Waals surface area contributed by atoms with E-state index in [2.05, 4.69) is 20.8 Å². The molecule has 1 atom stereocenters.